The van der Waals surface area contributed by atoms with E-state index < -0.39 is 0 Å². The molecular formula is C21H24N6O2. The molecule has 3 aromatic rings. The first-order chi connectivity index (χ1) is 14.3. The minimum atomic E-state index is 0.436. The van der Waals surface area contributed by atoms with Crippen molar-refractivity contribution in [3.63, 3.8) is 0 Å². The lowest BCUT2D eigenvalue weighted by Crippen LogP contribution is -2.29. The Labute approximate surface area is 169 Å². The molecule has 1 fully saturated rings. The van der Waals surface area contributed by atoms with Gasteiger partial charge in [0, 0.05) is 18.8 Å². The number of benzene rings is 1. The molecule has 2 aromatic heterocycles. The zero-order valence-electron chi connectivity index (χ0n) is 16.3. The summed E-state index contributed by atoms with van der Waals surface area (Å²) in [7, 11) is 1.63. The van der Waals surface area contributed by atoms with Gasteiger partial charge >= 0.3 is 0 Å². The Hall–Kier alpha value is -3.39. The predicted octanol–water partition coefficient (Wildman–Crippen LogP) is 3.58. The summed E-state index contributed by atoms with van der Waals surface area (Å²) in [6.45, 7) is 1.85. The van der Waals surface area contributed by atoms with Gasteiger partial charge in [-0.25, -0.2) is 4.98 Å². The zero-order chi connectivity index (χ0) is 19.9. The average Bonchev–Trinajstić information content (AvgIpc) is 3.28. The molecule has 0 saturated carbocycles. The van der Waals surface area contributed by atoms with Crippen LogP contribution in [0.4, 0.5) is 17.3 Å². The molecule has 3 heterocycles. The van der Waals surface area contributed by atoms with Crippen LogP contribution in [0.15, 0.2) is 55.0 Å². The fraction of sp³-hybridized carbons (Fsp3) is 0.286. The lowest BCUT2D eigenvalue weighted by atomic mass is 10.2. The largest absolute Gasteiger partial charge is 0.497 e. The lowest BCUT2D eigenvalue weighted by molar-refractivity contribution is 0.412. The zero-order valence-corrected chi connectivity index (χ0v) is 16.3. The predicted molar refractivity (Wildman–Crippen MR) is 112 cm³/mol. The summed E-state index contributed by atoms with van der Waals surface area (Å²) in [4.78, 5) is 13.1. The lowest BCUT2D eigenvalue weighted by Gasteiger charge is -2.16. The van der Waals surface area contributed by atoms with Crippen LogP contribution in [0.1, 0.15) is 12.8 Å². The van der Waals surface area contributed by atoms with E-state index in [0.29, 0.717) is 23.6 Å². The van der Waals surface area contributed by atoms with Crippen LogP contribution in [0, 0.1) is 0 Å². The minimum absolute atomic E-state index is 0.436. The SMILES string of the molecule is COc1ccc(Oc2nc(Nc3cccnc3)ncc2NC[C@@H]2CCCN2)cc1. The van der Waals surface area contributed by atoms with Gasteiger partial charge in [0.05, 0.1) is 25.2 Å². The molecule has 0 aliphatic carbocycles. The van der Waals surface area contributed by atoms with E-state index in [1.807, 2.05) is 36.4 Å². The first-order valence-electron chi connectivity index (χ1n) is 9.63. The van der Waals surface area contributed by atoms with E-state index >= 15 is 0 Å². The fourth-order valence-corrected chi connectivity index (χ4v) is 3.11. The quantitative estimate of drug-likeness (QED) is 0.536. The monoisotopic (exact) mass is 392 g/mol. The topological polar surface area (TPSA) is 93.2 Å². The van der Waals surface area contributed by atoms with E-state index in [0.717, 1.165) is 36.6 Å². The summed E-state index contributed by atoms with van der Waals surface area (Å²) in [5, 5.41) is 10.0. The Kier molecular flexibility index (Phi) is 6.01. The van der Waals surface area contributed by atoms with Gasteiger partial charge in [-0.05, 0) is 55.8 Å². The van der Waals surface area contributed by atoms with Gasteiger partial charge in [0.2, 0.25) is 11.8 Å². The molecule has 1 aliphatic rings. The van der Waals surface area contributed by atoms with Crippen LogP contribution in [0.5, 0.6) is 17.4 Å². The molecule has 0 amide bonds. The normalized spacial score (nSPS) is 15.7. The Bertz CT molecular complexity index is 914. The number of aromatic nitrogens is 3. The van der Waals surface area contributed by atoms with Crippen molar-refractivity contribution in [2.45, 2.75) is 18.9 Å². The maximum absolute atomic E-state index is 6.06. The molecule has 8 heteroatoms. The van der Waals surface area contributed by atoms with Crippen molar-refractivity contribution >= 4 is 17.3 Å². The van der Waals surface area contributed by atoms with Crippen molar-refractivity contribution in [2.75, 3.05) is 30.8 Å². The molecule has 150 valence electrons. The number of nitrogens with zero attached hydrogens (tertiary/aromatic N) is 3. The highest BCUT2D eigenvalue weighted by atomic mass is 16.5. The number of hydrogen-bond acceptors (Lipinski definition) is 8. The molecule has 8 nitrogen and oxygen atoms in total. The molecule has 4 rings (SSSR count). The molecule has 0 bridgehead atoms. The van der Waals surface area contributed by atoms with Gasteiger partial charge in [-0.3, -0.25) is 4.98 Å². The van der Waals surface area contributed by atoms with Gasteiger partial charge in [0.15, 0.2) is 0 Å². The number of methoxy groups -OCH3 is 1. The third-order valence-electron chi connectivity index (χ3n) is 4.65. The van der Waals surface area contributed by atoms with Gasteiger partial charge in [-0.15, -0.1) is 0 Å². The van der Waals surface area contributed by atoms with Crippen molar-refractivity contribution in [2.24, 2.45) is 0 Å². The summed E-state index contributed by atoms with van der Waals surface area (Å²) in [5.74, 6) is 2.32. The molecule has 1 aromatic carbocycles. The molecule has 1 aliphatic heterocycles. The summed E-state index contributed by atoms with van der Waals surface area (Å²) < 4.78 is 11.3. The average molecular weight is 392 g/mol. The smallest absolute Gasteiger partial charge is 0.247 e. The van der Waals surface area contributed by atoms with Crippen molar-refractivity contribution in [1.29, 1.82) is 0 Å². The van der Waals surface area contributed by atoms with Crippen LogP contribution >= 0.6 is 0 Å². The van der Waals surface area contributed by atoms with Crippen LogP contribution in [0.2, 0.25) is 0 Å². The number of nitrogens with one attached hydrogen (secondary N) is 3. The van der Waals surface area contributed by atoms with E-state index in [4.69, 9.17) is 9.47 Å². The summed E-state index contributed by atoms with van der Waals surface area (Å²) in [5.41, 5.74) is 1.55. The highest BCUT2D eigenvalue weighted by Gasteiger charge is 2.16. The Balaban J connectivity index is 1.54. The van der Waals surface area contributed by atoms with Gasteiger partial charge in [-0.2, -0.15) is 4.98 Å². The first kappa shape index (κ1) is 18.9. The van der Waals surface area contributed by atoms with Crippen molar-refractivity contribution < 1.29 is 9.47 Å². The standard InChI is InChI=1S/C21H24N6O2/c1-28-17-6-8-18(9-7-17)29-20-19(24-13-15-4-3-11-23-15)14-25-21(27-20)26-16-5-2-10-22-12-16/h2,5-10,12,14-15,23-24H,3-4,11,13H2,1H3,(H,25,26,27)/t15-/m0/s1. The number of rotatable bonds is 8. The molecule has 29 heavy (non-hydrogen) atoms. The van der Waals surface area contributed by atoms with Crippen LogP contribution in [-0.2, 0) is 0 Å². The van der Waals surface area contributed by atoms with Gasteiger partial charge in [0.1, 0.15) is 17.2 Å². The highest BCUT2D eigenvalue weighted by Crippen LogP contribution is 2.30. The molecule has 3 N–H and O–H groups in total. The van der Waals surface area contributed by atoms with Crippen LogP contribution in [0.25, 0.3) is 0 Å². The second-order valence-corrected chi connectivity index (χ2v) is 6.73. The van der Waals surface area contributed by atoms with Gasteiger partial charge in [0.25, 0.3) is 0 Å². The third kappa shape index (κ3) is 5.11. The molecule has 0 radical (unpaired) electrons. The fourth-order valence-electron chi connectivity index (χ4n) is 3.11. The van der Waals surface area contributed by atoms with Gasteiger partial charge < -0.3 is 25.4 Å². The van der Waals surface area contributed by atoms with Crippen LogP contribution in [-0.4, -0.2) is 41.2 Å². The van der Waals surface area contributed by atoms with Crippen molar-refractivity contribution in [1.82, 2.24) is 20.3 Å². The van der Waals surface area contributed by atoms with Crippen LogP contribution in [0.3, 0.4) is 0 Å². The molecule has 1 atom stereocenters. The van der Waals surface area contributed by atoms with E-state index in [9.17, 15) is 0 Å². The molecule has 0 spiro atoms. The van der Waals surface area contributed by atoms with Crippen LogP contribution < -0.4 is 25.4 Å². The Morgan fingerprint density at radius 1 is 1.14 bits per heavy atom. The Morgan fingerprint density at radius 2 is 2.00 bits per heavy atom. The van der Waals surface area contributed by atoms with E-state index in [2.05, 4.69) is 30.9 Å². The maximum atomic E-state index is 6.06. The third-order valence-corrected chi connectivity index (χ3v) is 4.65. The van der Waals surface area contributed by atoms with Gasteiger partial charge in [-0.1, -0.05) is 0 Å². The Morgan fingerprint density at radius 3 is 2.72 bits per heavy atom. The molecular weight excluding hydrogens is 368 g/mol. The number of pyridine rings is 1. The minimum Gasteiger partial charge on any atom is -0.497 e. The van der Waals surface area contributed by atoms with Crippen molar-refractivity contribution in [3.8, 4) is 17.4 Å². The second-order valence-electron chi connectivity index (χ2n) is 6.73. The summed E-state index contributed by atoms with van der Waals surface area (Å²) in [6.07, 6.45) is 7.52. The first-order valence-corrected chi connectivity index (χ1v) is 9.63. The van der Waals surface area contributed by atoms with E-state index in [-0.39, 0.29) is 0 Å². The van der Waals surface area contributed by atoms with E-state index in [1.165, 1.54) is 6.42 Å². The maximum Gasteiger partial charge on any atom is 0.247 e. The highest BCUT2D eigenvalue weighted by molar-refractivity contribution is 5.58. The molecule has 1 saturated heterocycles. The van der Waals surface area contributed by atoms with Crippen molar-refractivity contribution in [3.05, 3.63) is 55.0 Å². The second kappa shape index (κ2) is 9.20. The van der Waals surface area contributed by atoms with E-state index in [1.54, 1.807) is 25.7 Å². The summed E-state index contributed by atoms with van der Waals surface area (Å²) >= 11 is 0. The number of ether oxygens (including phenoxy) is 2. The number of hydrogen-bond donors (Lipinski definition) is 3. The summed E-state index contributed by atoms with van der Waals surface area (Å²) in [6, 6.07) is 11.6. The molecule has 0 unspecified atom stereocenters. The number of anilines is 3.